The molecule has 0 radical (unpaired) electrons. The number of anilines is 2. The smallest absolute Gasteiger partial charge is 0.411 e. The Morgan fingerprint density at radius 3 is 2.19 bits per heavy atom. The SMILES string of the molecule is CCOC(=O)Nc1ccc(NC(=O)N2CCCN(S(=O)(=O)c3ccc(F)cc3)CC2)cc1. The van der Waals surface area contributed by atoms with Crippen LogP contribution in [0.2, 0.25) is 0 Å². The molecule has 1 heterocycles. The number of amides is 3. The Balaban J connectivity index is 1.57. The summed E-state index contributed by atoms with van der Waals surface area (Å²) in [5, 5.41) is 5.33. The Kier molecular flexibility index (Phi) is 7.65. The number of rotatable bonds is 5. The van der Waals surface area contributed by atoms with E-state index in [1.807, 2.05) is 0 Å². The van der Waals surface area contributed by atoms with Gasteiger partial charge in [0, 0.05) is 37.6 Å². The van der Waals surface area contributed by atoms with Gasteiger partial charge in [0.2, 0.25) is 10.0 Å². The summed E-state index contributed by atoms with van der Waals surface area (Å²) in [6.45, 7) is 2.97. The topological polar surface area (TPSA) is 108 Å². The minimum absolute atomic E-state index is 0.0216. The van der Waals surface area contributed by atoms with Gasteiger partial charge >= 0.3 is 12.1 Å². The molecule has 9 nitrogen and oxygen atoms in total. The van der Waals surface area contributed by atoms with Crippen LogP contribution in [0, 0.1) is 5.82 Å². The molecule has 172 valence electrons. The molecule has 1 aliphatic rings. The number of nitrogens with zero attached hydrogens (tertiary/aromatic N) is 2. The van der Waals surface area contributed by atoms with Crippen molar-refractivity contribution in [2.45, 2.75) is 18.2 Å². The van der Waals surface area contributed by atoms with Crippen molar-refractivity contribution in [3.63, 3.8) is 0 Å². The van der Waals surface area contributed by atoms with Gasteiger partial charge in [0.15, 0.2) is 0 Å². The van der Waals surface area contributed by atoms with Crippen molar-refractivity contribution < 1.29 is 27.1 Å². The highest BCUT2D eigenvalue weighted by molar-refractivity contribution is 7.89. The molecule has 0 atom stereocenters. The number of halogens is 1. The third-order valence-corrected chi connectivity index (χ3v) is 6.76. The van der Waals surface area contributed by atoms with Gasteiger partial charge in [-0.25, -0.2) is 22.4 Å². The summed E-state index contributed by atoms with van der Waals surface area (Å²) >= 11 is 0. The molecule has 2 aromatic rings. The Labute approximate surface area is 186 Å². The average molecular weight is 465 g/mol. The molecule has 32 heavy (non-hydrogen) atoms. The second kappa shape index (κ2) is 10.4. The van der Waals surface area contributed by atoms with Crippen LogP contribution in [-0.4, -0.2) is 62.5 Å². The molecule has 1 fully saturated rings. The van der Waals surface area contributed by atoms with Crippen LogP contribution in [0.1, 0.15) is 13.3 Å². The van der Waals surface area contributed by atoms with Crippen LogP contribution in [0.3, 0.4) is 0 Å². The first-order valence-electron chi connectivity index (χ1n) is 10.1. The second-order valence-corrected chi connectivity index (χ2v) is 8.99. The quantitative estimate of drug-likeness (QED) is 0.706. The van der Waals surface area contributed by atoms with E-state index in [0.717, 1.165) is 12.1 Å². The predicted octanol–water partition coefficient (Wildman–Crippen LogP) is 3.32. The van der Waals surface area contributed by atoms with Gasteiger partial charge in [0.25, 0.3) is 0 Å². The van der Waals surface area contributed by atoms with Gasteiger partial charge in [-0.2, -0.15) is 4.31 Å². The van der Waals surface area contributed by atoms with E-state index < -0.39 is 21.9 Å². The van der Waals surface area contributed by atoms with Crippen molar-refractivity contribution in [1.82, 2.24) is 9.21 Å². The molecular weight excluding hydrogens is 439 g/mol. The maximum absolute atomic E-state index is 13.1. The molecule has 2 aromatic carbocycles. The highest BCUT2D eigenvalue weighted by Gasteiger charge is 2.28. The molecule has 3 amide bonds. The van der Waals surface area contributed by atoms with Crippen LogP contribution in [0.25, 0.3) is 0 Å². The van der Waals surface area contributed by atoms with E-state index in [2.05, 4.69) is 10.6 Å². The number of nitrogens with one attached hydrogen (secondary N) is 2. The molecule has 3 rings (SSSR count). The molecule has 0 aromatic heterocycles. The molecule has 1 aliphatic heterocycles. The largest absolute Gasteiger partial charge is 0.450 e. The molecule has 0 bridgehead atoms. The van der Waals surface area contributed by atoms with E-state index >= 15 is 0 Å². The lowest BCUT2D eigenvalue weighted by molar-refractivity contribution is 0.168. The van der Waals surface area contributed by atoms with E-state index in [-0.39, 0.29) is 37.2 Å². The maximum atomic E-state index is 13.1. The summed E-state index contributed by atoms with van der Waals surface area (Å²) in [5.41, 5.74) is 1.06. The van der Waals surface area contributed by atoms with Crippen LogP contribution in [0.15, 0.2) is 53.4 Å². The van der Waals surface area contributed by atoms with Gasteiger partial charge in [0.1, 0.15) is 5.82 Å². The van der Waals surface area contributed by atoms with Crippen molar-refractivity contribution in [3.05, 3.63) is 54.3 Å². The number of benzene rings is 2. The van der Waals surface area contributed by atoms with Crippen molar-refractivity contribution in [3.8, 4) is 0 Å². The van der Waals surface area contributed by atoms with Gasteiger partial charge in [-0.05, 0) is 61.9 Å². The monoisotopic (exact) mass is 464 g/mol. The van der Waals surface area contributed by atoms with Crippen molar-refractivity contribution in [2.75, 3.05) is 43.4 Å². The van der Waals surface area contributed by atoms with Gasteiger partial charge in [-0.3, -0.25) is 5.32 Å². The Morgan fingerprint density at radius 2 is 1.56 bits per heavy atom. The van der Waals surface area contributed by atoms with Gasteiger partial charge < -0.3 is 15.0 Å². The zero-order valence-corrected chi connectivity index (χ0v) is 18.4. The van der Waals surface area contributed by atoms with E-state index in [1.54, 1.807) is 36.1 Å². The Hall–Kier alpha value is -3.18. The normalized spacial score (nSPS) is 15.0. The van der Waals surface area contributed by atoms with E-state index in [0.29, 0.717) is 24.3 Å². The minimum atomic E-state index is -3.77. The first-order chi connectivity index (χ1) is 15.3. The van der Waals surface area contributed by atoms with Gasteiger partial charge in [-0.1, -0.05) is 0 Å². The molecule has 0 aliphatic carbocycles. The van der Waals surface area contributed by atoms with Crippen molar-refractivity contribution >= 4 is 33.5 Å². The standard InChI is InChI=1S/C21H25FN4O5S/c1-2-31-21(28)24-18-8-6-17(7-9-18)23-20(27)25-12-3-13-26(15-14-25)32(29,30)19-10-4-16(22)5-11-19/h4-11H,2-3,12-15H2,1H3,(H,23,27)(H,24,28). The summed E-state index contributed by atoms with van der Waals surface area (Å²) in [6.07, 6.45) is -0.0926. The fraction of sp³-hybridized carbons (Fsp3) is 0.333. The van der Waals surface area contributed by atoms with Crippen LogP contribution in [0.5, 0.6) is 0 Å². The van der Waals surface area contributed by atoms with E-state index in [9.17, 15) is 22.4 Å². The summed E-state index contributed by atoms with van der Waals surface area (Å²) in [5.74, 6) is -0.507. The highest BCUT2D eigenvalue weighted by atomic mass is 32.2. The predicted molar refractivity (Wildman–Crippen MR) is 117 cm³/mol. The summed E-state index contributed by atoms with van der Waals surface area (Å²) in [7, 11) is -3.77. The zero-order chi connectivity index (χ0) is 23.1. The molecule has 2 N–H and O–H groups in total. The molecule has 0 unspecified atom stereocenters. The van der Waals surface area contributed by atoms with E-state index in [1.165, 1.54) is 16.4 Å². The number of hydrogen-bond donors (Lipinski definition) is 2. The number of urea groups is 1. The fourth-order valence-corrected chi connectivity index (χ4v) is 4.69. The number of ether oxygens (including phenoxy) is 1. The number of sulfonamides is 1. The van der Waals surface area contributed by atoms with Crippen LogP contribution in [-0.2, 0) is 14.8 Å². The molecular formula is C21H25FN4O5S. The van der Waals surface area contributed by atoms with Gasteiger partial charge in [-0.15, -0.1) is 0 Å². The molecule has 0 spiro atoms. The summed E-state index contributed by atoms with van der Waals surface area (Å²) in [4.78, 5) is 25.7. The number of hydrogen-bond acceptors (Lipinski definition) is 5. The van der Waals surface area contributed by atoms with Crippen LogP contribution >= 0.6 is 0 Å². The third kappa shape index (κ3) is 5.95. The lowest BCUT2D eigenvalue weighted by Gasteiger charge is -2.22. The number of carbonyl (C=O) groups is 2. The molecule has 1 saturated heterocycles. The third-order valence-electron chi connectivity index (χ3n) is 4.85. The lowest BCUT2D eigenvalue weighted by Crippen LogP contribution is -2.39. The molecule has 11 heteroatoms. The van der Waals surface area contributed by atoms with Crippen LogP contribution < -0.4 is 10.6 Å². The fourth-order valence-electron chi connectivity index (χ4n) is 3.22. The minimum Gasteiger partial charge on any atom is -0.450 e. The maximum Gasteiger partial charge on any atom is 0.411 e. The number of carbonyl (C=O) groups excluding carboxylic acids is 2. The van der Waals surface area contributed by atoms with E-state index in [4.69, 9.17) is 4.74 Å². The Bertz CT molecular complexity index is 1040. The Morgan fingerprint density at radius 1 is 0.938 bits per heavy atom. The first-order valence-corrected chi connectivity index (χ1v) is 11.6. The van der Waals surface area contributed by atoms with Gasteiger partial charge in [0.05, 0.1) is 11.5 Å². The second-order valence-electron chi connectivity index (χ2n) is 7.05. The highest BCUT2D eigenvalue weighted by Crippen LogP contribution is 2.19. The molecule has 0 saturated carbocycles. The lowest BCUT2D eigenvalue weighted by atomic mass is 10.3. The zero-order valence-electron chi connectivity index (χ0n) is 17.6. The van der Waals surface area contributed by atoms with Crippen LogP contribution in [0.4, 0.5) is 25.4 Å². The summed E-state index contributed by atoms with van der Waals surface area (Å²) < 4.78 is 44.9. The first kappa shape index (κ1) is 23.5. The average Bonchev–Trinajstić information content (AvgIpc) is 3.03. The summed E-state index contributed by atoms with van der Waals surface area (Å²) in [6, 6.07) is 10.9. The van der Waals surface area contributed by atoms with Crippen molar-refractivity contribution in [1.29, 1.82) is 0 Å². The van der Waals surface area contributed by atoms with Crippen molar-refractivity contribution in [2.24, 2.45) is 0 Å².